The number of nitrogens with one attached hydrogen (secondary N) is 1. The second-order valence-electron chi connectivity index (χ2n) is 3.98. The van der Waals surface area contributed by atoms with Crippen LogP contribution in [0.3, 0.4) is 0 Å². The SMILES string of the molecule is CC(NC(=O)c1cccn1C)c1ccncc1. The summed E-state index contributed by atoms with van der Waals surface area (Å²) in [5.41, 5.74) is 1.70. The highest BCUT2D eigenvalue weighted by molar-refractivity contribution is 5.92. The summed E-state index contributed by atoms with van der Waals surface area (Å²) in [4.78, 5) is 15.9. The Morgan fingerprint density at radius 3 is 2.65 bits per heavy atom. The summed E-state index contributed by atoms with van der Waals surface area (Å²) in [5, 5.41) is 2.95. The molecule has 1 unspecified atom stereocenters. The summed E-state index contributed by atoms with van der Waals surface area (Å²) in [5.74, 6) is -0.0678. The van der Waals surface area contributed by atoms with E-state index in [4.69, 9.17) is 0 Å². The van der Waals surface area contributed by atoms with E-state index in [0.29, 0.717) is 5.69 Å². The van der Waals surface area contributed by atoms with Crippen molar-refractivity contribution in [3.8, 4) is 0 Å². The number of carbonyl (C=O) groups is 1. The molecule has 2 rings (SSSR count). The molecule has 0 bridgehead atoms. The molecule has 0 spiro atoms. The number of amides is 1. The van der Waals surface area contributed by atoms with Crippen molar-refractivity contribution in [1.29, 1.82) is 0 Å². The number of rotatable bonds is 3. The molecule has 2 heterocycles. The van der Waals surface area contributed by atoms with Crippen LogP contribution in [0, 0.1) is 0 Å². The minimum atomic E-state index is -0.0678. The molecular formula is C13H15N3O. The molecule has 1 amide bonds. The molecule has 0 fully saturated rings. The van der Waals surface area contributed by atoms with Gasteiger partial charge in [0.1, 0.15) is 5.69 Å². The minimum absolute atomic E-state index is 0.0274. The molecule has 0 aliphatic rings. The number of aryl methyl sites for hydroxylation is 1. The van der Waals surface area contributed by atoms with Crippen molar-refractivity contribution in [3.05, 3.63) is 54.1 Å². The fraction of sp³-hybridized carbons (Fsp3) is 0.231. The maximum Gasteiger partial charge on any atom is 0.268 e. The third-order valence-corrected chi connectivity index (χ3v) is 2.73. The van der Waals surface area contributed by atoms with Crippen molar-refractivity contribution in [2.45, 2.75) is 13.0 Å². The molecule has 4 heteroatoms. The first-order valence-corrected chi connectivity index (χ1v) is 5.50. The fourth-order valence-electron chi connectivity index (χ4n) is 1.70. The van der Waals surface area contributed by atoms with Crippen LogP contribution in [0.5, 0.6) is 0 Å². The van der Waals surface area contributed by atoms with E-state index in [1.165, 1.54) is 0 Å². The fourth-order valence-corrected chi connectivity index (χ4v) is 1.70. The summed E-state index contributed by atoms with van der Waals surface area (Å²) < 4.78 is 1.80. The Kier molecular flexibility index (Phi) is 3.23. The topological polar surface area (TPSA) is 46.9 Å². The van der Waals surface area contributed by atoms with Crippen molar-refractivity contribution in [2.75, 3.05) is 0 Å². The van der Waals surface area contributed by atoms with E-state index < -0.39 is 0 Å². The Bertz CT molecular complexity index is 504. The number of aromatic nitrogens is 2. The Labute approximate surface area is 100 Å². The average Bonchev–Trinajstić information content (AvgIpc) is 2.76. The molecule has 88 valence electrons. The van der Waals surface area contributed by atoms with E-state index in [0.717, 1.165) is 5.56 Å². The van der Waals surface area contributed by atoms with Gasteiger partial charge in [0, 0.05) is 25.6 Å². The van der Waals surface area contributed by atoms with Crippen LogP contribution in [-0.4, -0.2) is 15.5 Å². The molecule has 0 aromatic carbocycles. The van der Waals surface area contributed by atoms with Crippen molar-refractivity contribution in [3.63, 3.8) is 0 Å². The minimum Gasteiger partial charge on any atom is -0.347 e. The zero-order valence-corrected chi connectivity index (χ0v) is 9.92. The van der Waals surface area contributed by atoms with Crippen LogP contribution in [0.25, 0.3) is 0 Å². The summed E-state index contributed by atoms with van der Waals surface area (Å²) in [6.07, 6.45) is 5.30. The van der Waals surface area contributed by atoms with Gasteiger partial charge in [-0.05, 0) is 36.8 Å². The molecule has 17 heavy (non-hydrogen) atoms. The van der Waals surface area contributed by atoms with Gasteiger partial charge in [-0.2, -0.15) is 0 Å². The molecule has 0 aliphatic heterocycles. The number of nitrogens with zero attached hydrogens (tertiary/aromatic N) is 2. The summed E-state index contributed by atoms with van der Waals surface area (Å²) in [7, 11) is 1.85. The molecule has 2 aromatic rings. The van der Waals surface area contributed by atoms with Crippen LogP contribution in [0.2, 0.25) is 0 Å². The van der Waals surface area contributed by atoms with Crippen molar-refractivity contribution < 1.29 is 4.79 Å². The summed E-state index contributed by atoms with van der Waals surface area (Å²) in [6, 6.07) is 7.42. The molecule has 1 atom stereocenters. The van der Waals surface area contributed by atoms with Gasteiger partial charge >= 0.3 is 0 Å². The van der Waals surface area contributed by atoms with Crippen LogP contribution in [0.4, 0.5) is 0 Å². The Morgan fingerprint density at radius 1 is 1.35 bits per heavy atom. The zero-order valence-electron chi connectivity index (χ0n) is 9.92. The van der Waals surface area contributed by atoms with Gasteiger partial charge in [-0.1, -0.05) is 0 Å². The van der Waals surface area contributed by atoms with Gasteiger partial charge in [0.25, 0.3) is 5.91 Å². The van der Waals surface area contributed by atoms with Gasteiger partial charge in [-0.25, -0.2) is 0 Å². The number of carbonyl (C=O) groups excluding carboxylic acids is 1. The lowest BCUT2D eigenvalue weighted by atomic mass is 10.1. The number of pyridine rings is 1. The van der Waals surface area contributed by atoms with Crippen molar-refractivity contribution in [1.82, 2.24) is 14.9 Å². The molecule has 0 aliphatic carbocycles. The molecule has 0 saturated heterocycles. The lowest BCUT2D eigenvalue weighted by molar-refractivity contribution is 0.0931. The van der Waals surface area contributed by atoms with Gasteiger partial charge in [0.15, 0.2) is 0 Å². The molecule has 0 saturated carbocycles. The first-order chi connectivity index (χ1) is 8.18. The van der Waals surface area contributed by atoms with Gasteiger partial charge in [0.05, 0.1) is 6.04 Å². The molecular weight excluding hydrogens is 214 g/mol. The Hall–Kier alpha value is -2.10. The van der Waals surface area contributed by atoms with Crippen LogP contribution in [-0.2, 0) is 7.05 Å². The zero-order chi connectivity index (χ0) is 12.3. The number of hydrogen-bond donors (Lipinski definition) is 1. The van der Waals surface area contributed by atoms with E-state index in [-0.39, 0.29) is 11.9 Å². The molecule has 0 radical (unpaired) electrons. The van der Waals surface area contributed by atoms with Gasteiger partial charge in [-0.3, -0.25) is 9.78 Å². The number of hydrogen-bond acceptors (Lipinski definition) is 2. The van der Waals surface area contributed by atoms with E-state index in [1.807, 2.05) is 38.4 Å². The van der Waals surface area contributed by atoms with Crippen molar-refractivity contribution >= 4 is 5.91 Å². The van der Waals surface area contributed by atoms with E-state index in [2.05, 4.69) is 10.3 Å². The Balaban J connectivity index is 2.08. The van der Waals surface area contributed by atoms with E-state index in [9.17, 15) is 4.79 Å². The highest BCUT2D eigenvalue weighted by Crippen LogP contribution is 2.11. The molecule has 2 aromatic heterocycles. The highest BCUT2D eigenvalue weighted by Gasteiger charge is 2.12. The molecule has 4 nitrogen and oxygen atoms in total. The standard InChI is InChI=1S/C13H15N3O/c1-10(11-5-7-14-8-6-11)15-13(17)12-4-3-9-16(12)2/h3-10H,1-2H3,(H,15,17). The van der Waals surface area contributed by atoms with E-state index in [1.54, 1.807) is 23.0 Å². The first kappa shape index (κ1) is 11.4. The monoisotopic (exact) mass is 229 g/mol. The van der Waals surface area contributed by atoms with E-state index >= 15 is 0 Å². The smallest absolute Gasteiger partial charge is 0.268 e. The summed E-state index contributed by atoms with van der Waals surface area (Å²) >= 11 is 0. The highest BCUT2D eigenvalue weighted by atomic mass is 16.2. The molecule has 1 N–H and O–H groups in total. The van der Waals surface area contributed by atoms with Gasteiger partial charge < -0.3 is 9.88 Å². The lowest BCUT2D eigenvalue weighted by Gasteiger charge is -2.14. The second-order valence-corrected chi connectivity index (χ2v) is 3.98. The van der Waals surface area contributed by atoms with Crippen molar-refractivity contribution in [2.24, 2.45) is 7.05 Å². The lowest BCUT2D eigenvalue weighted by Crippen LogP contribution is -2.28. The van der Waals surface area contributed by atoms with Gasteiger partial charge in [0.2, 0.25) is 0 Å². The van der Waals surface area contributed by atoms with Crippen LogP contribution in [0.15, 0.2) is 42.9 Å². The Morgan fingerprint density at radius 2 is 2.06 bits per heavy atom. The maximum absolute atomic E-state index is 12.0. The predicted octanol–water partition coefficient (Wildman–Crippen LogP) is 1.91. The van der Waals surface area contributed by atoms with Crippen LogP contribution in [0.1, 0.15) is 29.0 Å². The average molecular weight is 229 g/mol. The van der Waals surface area contributed by atoms with Crippen LogP contribution >= 0.6 is 0 Å². The quantitative estimate of drug-likeness (QED) is 0.874. The second kappa shape index (κ2) is 4.82. The van der Waals surface area contributed by atoms with Crippen LogP contribution < -0.4 is 5.32 Å². The normalized spacial score (nSPS) is 12.1. The largest absolute Gasteiger partial charge is 0.347 e. The third kappa shape index (κ3) is 2.53. The van der Waals surface area contributed by atoms with Gasteiger partial charge in [-0.15, -0.1) is 0 Å². The first-order valence-electron chi connectivity index (χ1n) is 5.50. The third-order valence-electron chi connectivity index (χ3n) is 2.73. The summed E-state index contributed by atoms with van der Waals surface area (Å²) in [6.45, 7) is 1.95. The predicted molar refractivity (Wildman–Crippen MR) is 65.5 cm³/mol. The maximum atomic E-state index is 12.0.